The summed E-state index contributed by atoms with van der Waals surface area (Å²) in [5, 5.41) is 0. The summed E-state index contributed by atoms with van der Waals surface area (Å²) in [5.74, 6) is -1.04. The van der Waals surface area contributed by atoms with Crippen LogP contribution in [-0.2, 0) is 28.6 Å². The molecule has 0 saturated carbocycles. The molecule has 63 heavy (non-hydrogen) atoms. The number of hydrogen-bond donors (Lipinski definition) is 0. The quantitative estimate of drug-likeness (QED) is 0.0263. The van der Waals surface area contributed by atoms with Crippen molar-refractivity contribution in [2.75, 3.05) is 13.2 Å². The van der Waals surface area contributed by atoms with E-state index in [4.69, 9.17) is 14.2 Å². The number of rotatable bonds is 44. The van der Waals surface area contributed by atoms with Gasteiger partial charge in [-0.15, -0.1) is 0 Å². The number of esters is 3. The van der Waals surface area contributed by atoms with Gasteiger partial charge >= 0.3 is 17.9 Å². The molecule has 0 radical (unpaired) electrons. The summed E-state index contributed by atoms with van der Waals surface area (Å²) in [6, 6.07) is 0. The summed E-state index contributed by atoms with van der Waals surface area (Å²) in [7, 11) is 0. The van der Waals surface area contributed by atoms with Crippen LogP contribution in [0.1, 0.15) is 213 Å². The summed E-state index contributed by atoms with van der Waals surface area (Å²) in [6.07, 6.45) is 68.0. The molecule has 0 heterocycles. The average molecular weight is 873 g/mol. The predicted molar refractivity (Wildman–Crippen MR) is 270 cm³/mol. The lowest BCUT2D eigenvalue weighted by Gasteiger charge is -2.18. The second-order valence-electron chi connectivity index (χ2n) is 16.3. The van der Waals surface area contributed by atoms with Crippen LogP contribution in [0.25, 0.3) is 0 Å². The normalized spacial score (nSPS) is 13.0. The van der Waals surface area contributed by atoms with Crippen LogP contribution >= 0.6 is 0 Å². The second-order valence-corrected chi connectivity index (χ2v) is 16.3. The van der Waals surface area contributed by atoms with Gasteiger partial charge in [-0.1, -0.05) is 214 Å². The van der Waals surface area contributed by atoms with Crippen LogP contribution in [-0.4, -0.2) is 37.2 Å². The van der Waals surface area contributed by atoms with Crippen molar-refractivity contribution in [3.8, 4) is 0 Å². The van der Waals surface area contributed by atoms with E-state index in [2.05, 4.69) is 118 Å². The Balaban J connectivity index is 4.54. The van der Waals surface area contributed by atoms with Crippen LogP contribution in [0.15, 0.2) is 109 Å². The zero-order chi connectivity index (χ0) is 45.8. The van der Waals surface area contributed by atoms with Crippen molar-refractivity contribution in [2.45, 2.75) is 219 Å². The Kier molecular flexibility index (Phi) is 47.5. The molecule has 1 atom stereocenters. The molecule has 0 rings (SSSR count). The maximum Gasteiger partial charge on any atom is 0.306 e. The van der Waals surface area contributed by atoms with E-state index >= 15 is 0 Å². The van der Waals surface area contributed by atoms with E-state index < -0.39 is 6.10 Å². The van der Waals surface area contributed by atoms with Crippen molar-refractivity contribution in [2.24, 2.45) is 0 Å². The summed E-state index contributed by atoms with van der Waals surface area (Å²) in [6.45, 7) is 6.30. The summed E-state index contributed by atoms with van der Waals surface area (Å²) in [4.78, 5) is 37.9. The first-order valence-electron chi connectivity index (χ1n) is 25.4. The van der Waals surface area contributed by atoms with E-state index in [0.717, 1.165) is 96.3 Å². The molecule has 0 bridgehead atoms. The van der Waals surface area contributed by atoms with Gasteiger partial charge in [0.2, 0.25) is 0 Å². The van der Waals surface area contributed by atoms with Crippen LogP contribution in [0.3, 0.4) is 0 Å². The smallest absolute Gasteiger partial charge is 0.306 e. The minimum absolute atomic E-state index is 0.114. The van der Waals surface area contributed by atoms with Crippen LogP contribution in [0.4, 0.5) is 0 Å². The molecule has 0 aromatic heterocycles. The minimum Gasteiger partial charge on any atom is -0.462 e. The monoisotopic (exact) mass is 873 g/mol. The van der Waals surface area contributed by atoms with E-state index in [0.29, 0.717) is 19.3 Å². The molecule has 1 unspecified atom stereocenters. The maximum absolute atomic E-state index is 12.8. The third kappa shape index (κ3) is 49.0. The lowest BCUT2D eigenvalue weighted by Crippen LogP contribution is -2.30. The van der Waals surface area contributed by atoms with Crippen LogP contribution in [0.2, 0.25) is 0 Å². The van der Waals surface area contributed by atoms with Crippen molar-refractivity contribution in [1.82, 2.24) is 0 Å². The largest absolute Gasteiger partial charge is 0.462 e. The highest BCUT2D eigenvalue weighted by atomic mass is 16.6. The highest BCUT2D eigenvalue weighted by Crippen LogP contribution is 2.14. The lowest BCUT2D eigenvalue weighted by molar-refractivity contribution is -0.166. The van der Waals surface area contributed by atoms with Crippen LogP contribution < -0.4 is 0 Å². The number of hydrogen-bond acceptors (Lipinski definition) is 6. The first-order chi connectivity index (χ1) is 31.0. The summed E-state index contributed by atoms with van der Waals surface area (Å²) in [5.41, 5.74) is 0. The van der Waals surface area contributed by atoms with Gasteiger partial charge in [0.1, 0.15) is 13.2 Å². The van der Waals surface area contributed by atoms with E-state index in [1.165, 1.54) is 64.2 Å². The van der Waals surface area contributed by atoms with Gasteiger partial charge in [0, 0.05) is 19.3 Å². The Morgan fingerprint density at radius 1 is 0.333 bits per heavy atom. The van der Waals surface area contributed by atoms with Crippen molar-refractivity contribution in [3.63, 3.8) is 0 Å². The van der Waals surface area contributed by atoms with E-state index in [1.807, 2.05) is 12.2 Å². The summed E-state index contributed by atoms with van der Waals surface area (Å²) < 4.78 is 16.7. The Labute approximate surface area is 387 Å². The molecule has 0 aliphatic rings. The molecule has 0 aromatic rings. The number of carbonyl (C=O) groups is 3. The molecule has 0 aliphatic carbocycles. The molecule has 0 aliphatic heterocycles. The van der Waals surface area contributed by atoms with Crippen molar-refractivity contribution in [3.05, 3.63) is 109 Å². The molecule has 6 nitrogen and oxygen atoms in total. The van der Waals surface area contributed by atoms with Gasteiger partial charge in [-0.25, -0.2) is 0 Å². The Morgan fingerprint density at radius 2 is 0.651 bits per heavy atom. The Bertz CT molecular complexity index is 1330. The Morgan fingerprint density at radius 3 is 1.06 bits per heavy atom. The van der Waals surface area contributed by atoms with Crippen LogP contribution in [0, 0.1) is 0 Å². The van der Waals surface area contributed by atoms with Gasteiger partial charge < -0.3 is 14.2 Å². The molecule has 0 N–H and O–H groups in total. The van der Waals surface area contributed by atoms with E-state index in [9.17, 15) is 14.4 Å². The zero-order valence-corrected chi connectivity index (χ0v) is 40.5. The maximum atomic E-state index is 12.8. The van der Waals surface area contributed by atoms with Gasteiger partial charge in [0.25, 0.3) is 0 Å². The predicted octanol–water partition coefficient (Wildman–Crippen LogP) is 16.8. The fraction of sp³-hybridized carbons (Fsp3) is 0.632. The molecule has 0 fully saturated rings. The van der Waals surface area contributed by atoms with Crippen LogP contribution in [0.5, 0.6) is 0 Å². The van der Waals surface area contributed by atoms with Crippen molar-refractivity contribution >= 4 is 17.9 Å². The molecule has 0 aromatic carbocycles. The SMILES string of the molecule is CC/C=C\C/C=C\C/C=C\C/C=C\C/C=C\C/C=C\CCC(=O)OCC(COC(=O)CCCCCCCCCCCCCCC)OC(=O)CCCCC/C=C\C/C=C\C/C=C\CC. The molecule has 0 saturated heterocycles. The number of ether oxygens (including phenoxy) is 3. The molecular formula is C57H92O6. The highest BCUT2D eigenvalue weighted by molar-refractivity contribution is 5.71. The Hall–Kier alpha value is -3.93. The topological polar surface area (TPSA) is 78.9 Å². The van der Waals surface area contributed by atoms with Gasteiger partial charge in [0.05, 0.1) is 0 Å². The van der Waals surface area contributed by atoms with Crippen molar-refractivity contribution < 1.29 is 28.6 Å². The van der Waals surface area contributed by atoms with Gasteiger partial charge in [0.15, 0.2) is 6.10 Å². The van der Waals surface area contributed by atoms with Gasteiger partial charge in [-0.05, 0) is 89.9 Å². The lowest BCUT2D eigenvalue weighted by atomic mass is 10.0. The zero-order valence-electron chi connectivity index (χ0n) is 40.5. The molecule has 0 spiro atoms. The molecule has 356 valence electrons. The molecule has 0 amide bonds. The first-order valence-corrected chi connectivity index (χ1v) is 25.4. The fourth-order valence-electron chi connectivity index (χ4n) is 6.54. The van der Waals surface area contributed by atoms with E-state index in [1.54, 1.807) is 0 Å². The molecular weight excluding hydrogens is 781 g/mol. The van der Waals surface area contributed by atoms with E-state index in [-0.39, 0.29) is 44.0 Å². The number of carbonyl (C=O) groups excluding carboxylic acids is 3. The average Bonchev–Trinajstić information content (AvgIpc) is 3.28. The fourth-order valence-corrected chi connectivity index (χ4v) is 6.54. The number of unbranched alkanes of at least 4 members (excludes halogenated alkanes) is 15. The van der Waals surface area contributed by atoms with Gasteiger partial charge in [-0.3, -0.25) is 14.4 Å². The summed E-state index contributed by atoms with van der Waals surface area (Å²) >= 11 is 0. The number of allylic oxidation sites excluding steroid dienone is 18. The third-order valence-corrected chi connectivity index (χ3v) is 10.3. The minimum atomic E-state index is -0.823. The third-order valence-electron chi connectivity index (χ3n) is 10.3. The second kappa shape index (κ2) is 50.7. The molecule has 6 heteroatoms. The van der Waals surface area contributed by atoms with Crippen molar-refractivity contribution in [1.29, 1.82) is 0 Å². The standard InChI is InChI=1S/C57H92O6/c1-4-7-10-13-16-19-22-25-26-27-28-29-30-33-35-38-41-44-47-50-56(59)62-53-54(63-57(60)51-48-45-42-39-36-32-24-21-18-15-12-9-6-3)52-61-55(58)49-46-43-40-37-34-31-23-20-17-14-11-8-5-2/h7,9-10,12,16,18-19,21,25-26,28-29,32-33,35-36,41,44,54H,4-6,8,11,13-15,17,20,22-24,27,30-31,34,37-40,42-43,45-53H2,1-3H3/b10-7-,12-9-,19-16-,21-18-,26-25-,29-28-,35-33-,36-32-,44-41-. The first kappa shape index (κ1) is 59.1. The highest BCUT2D eigenvalue weighted by Gasteiger charge is 2.19. The van der Waals surface area contributed by atoms with Gasteiger partial charge in [-0.2, -0.15) is 0 Å².